The molecule has 0 aliphatic carbocycles. The Kier molecular flexibility index (Phi) is 5.13. The maximum Gasteiger partial charge on any atom is 0.243 e. The number of nitrogens with zero attached hydrogens (tertiary/aromatic N) is 1. The predicted octanol–water partition coefficient (Wildman–Crippen LogP) is 2.46. The Balaban J connectivity index is 1.68. The van der Waals surface area contributed by atoms with Gasteiger partial charge in [0.25, 0.3) is 0 Å². The highest BCUT2D eigenvalue weighted by Crippen LogP contribution is 2.20. The van der Waals surface area contributed by atoms with Gasteiger partial charge in [-0.1, -0.05) is 18.2 Å². The Hall–Kier alpha value is -1.96. The van der Waals surface area contributed by atoms with Crippen molar-refractivity contribution in [2.75, 3.05) is 31.6 Å². The smallest absolute Gasteiger partial charge is 0.243 e. The molecule has 5 nitrogen and oxygen atoms in total. The Labute approximate surface area is 141 Å². The summed E-state index contributed by atoms with van der Waals surface area (Å²) in [5.74, 6) is -0.267. The van der Waals surface area contributed by atoms with E-state index in [1.54, 1.807) is 42.5 Å². The second kappa shape index (κ2) is 7.29. The molecule has 0 aromatic heterocycles. The Morgan fingerprint density at radius 1 is 1.04 bits per heavy atom. The monoisotopic (exact) mass is 350 g/mol. The van der Waals surface area contributed by atoms with Crippen molar-refractivity contribution in [3.8, 4) is 0 Å². The Bertz CT molecular complexity index is 788. The largest absolute Gasteiger partial charge is 0.381 e. The van der Waals surface area contributed by atoms with Crippen LogP contribution in [0.15, 0.2) is 53.4 Å². The van der Waals surface area contributed by atoms with Gasteiger partial charge in [-0.2, -0.15) is 4.31 Å². The van der Waals surface area contributed by atoms with Crippen LogP contribution in [-0.2, 0) is 21.3 Å². The van der Waals surface area contributed by atoms with E-state index in [1.807, 2.05) is 0 Å². The van der Waals surface area contributed by atoms with Crippen molar-refractivity contribution in [2.24, 2.45) is 0 Å². The average Bonchev–Trinajstić information content (AvgIpc) is 2.62. The van der Waals surface area contributed by atoms with Crippen molar-refractivity contribution < 1.29 is 17.5 Å². The highest BCUT2D eigenvalue weighted by molar-refractivity contribution is 7.89. The fourth-order valence-corrected chi connectivity index (χ4v) is 3.93. The van der Waals surface area contributed by atoms with Gasteiger partial charge in [0.1, 0.15) is 5.82 Å². The van der Waals surface area contributed by atoms with Gasteiger partial charge in [-0.25, -0.2) is 12.8 Å². The first-order valence-electron chi connectivity index (χ1n) is 7.72. The van der Waals surface area contributed by atoms with Gasteiger partial charge in [0.15, 0.2) is 0 Å². The molecule has 0 unspecified atom stereocenters. The summed E-state index contributed by atoms with van der Waals surface area (Å²) in [6.07, 6.45) is 0. The summed E-state index contributed by atoms with van der Waals surface area (Å²) in [7, 11) is -3.49. The van der Waals surface area contributed by atoms with Crippen LogP contribution in [0.5, 0.6) is 0 Å². The van der Waals surface area contributed by atoms with Gasteiger partial charge in [0, 0.05) is 30.9 Å². The van der Waals surface area contributed by atoms with E-state index in [2.05, 4.69) is 5.32 Å². The summed E-state index contributed by atoms with van der Waals surface area (Å²) in [5, 5.41) is 3.09. The quantitative estimate of drug-likeness (QED) is 0.900. The number of anilines is 1. The van der Waals surface area contributed by atoms with Crippen molar-refractivity contribution in [1.29, 1.82) is 0 Å². The first-order valence-corrected chi connectivity index (χ1v) is 9.16. The minimum atomic E-state index is -3.49. The van der Waals surface area contributed by atoms with E-state index in [0.29, 0.717) is 38.4 Å². The number of hydrogen-bond donors (Lipinski definition) is 1. The number of nitrogens with one attached hydrogen (secondary N) is 1. The van der Waals surface area contributed by atoms with Gasteiger partial charge in [-0.3, -0.25) is 0 Å². The van der Waals surface area contributed by atoms with E-state index in [9.17, 15) is 12.8 Å². The third-order valence-corrected chi connectivity index (χ3v) is 5.82. The van der Waals surface area contributed by atoms with Crippen LogP contribution in [0.25, 0.3) is 0 Å². The third-order valence-electron chi connectivity index (χ3n) is 3.90. The number of ether oxygens (including phenoxy) is 1. The molecule has 1 heterocycles. The number of halogens is 1. The van der Waals surface area contributed by atoms with Crippen LogP contribution < -0.4 is 5.32 Å². The maximum absolute atomic E-state index is 13.6. The van der Waals surface area contributed by atoms with Crippen molar-refractivity contribution >= 4 is 15.7 Å². The second-order valence-electron chi connectivity index (χ2n) is 5.49. The van der Waals surface area contributed by atoms with Gasteiger partial charge in [-0.05, 0) is 30.3 Å². The molecule has 0 saturated carbocycles. The molecule has 3 rings (SSSR count). The van der Waals surface area contributed by atoms with Crippen LogP contribution >= 0.6 is 0 Å². The minimum Gasteiger partial charge on any atom is -0.381 e. The molecule has 1 N–H and O–H groups in total. The minimum absolute atomic E-state index is 0.251. The van der Waals surface area contributed by atoms with Gasteiger partial charge in [0.2, 0.25) is 10.0 Å². The van der Waals surface area contributed by atoms with E-state index in [4.69, 9.17) is 4.74 Å². The van der Waals surface area contributed by atoms with E-state index < -0.39 is 10.0 Å². The van der Waals surface area contributed by atoms with Crippen molar-refractivity contribution in [3.63, 3.8) is 0 Å². The lowest BCUT2D eigenvalue weighted by molar-refractivity contribution is 0.0730. The maximum atomic E-state index is 13.6. The van der Waals surface area contributed by atoms with Crippen molar-refractivity contribution in [1.82, 2.24) is 4.31 Å². The zero-order valence-electron chi connectivity index (χ0n) is 13.1. The molecule has 0 atom stereocenters. The molecule has 2 aromatic carbocycles. The second-order valence-corrected chi connectivity index (χ2v) is 7.42. The van der Waals surface area contributed by atoms with E-state index >= 15 is 0 Å². The standard InChI is InChI=1S/C17H19FN2O3S/c18-17-4-2-1-3-14(17)13-19-15-5-7-16(8-6-15)24(21,22)20-9-11-23-12-10-20/h1-8,19H,9-13H2. The molecular weight excluding hydrogens is 331 g/mol. The van der Waals surface area contributed by atoms with Crippen LogP contribution in [0, 0.1) is 5.82 Å². The van der Waals surface area contributed by atoms with E-state index in [0.717, 1.165) is 5.69 Å². The highest BCUT2D eigenvalue weighted by atomic mass is 32.2. The summed E-state index contributed by atoms with van der Waals surface area (Å²) < 4.78 is 45.2. The Morgan fingerprint density at radius 3 is 2.38 bits per heavy atom. The fraction of sp³-hybridized carbons (Fsp3) is 0.294. The lowest BCUT2D eigenvalue weighted by Gasteiger charge is -2.26. The number of sulfonamides is 1. The first kappa shape index (κ1) is 16.9. The molecule has 0 spiro atoms. The third kappa shape index (κ3) is 3.75. The zero-order valence-corrected chi connectivity index (χ0v) is 13.9. The van der Waals surface area contributed by atoms with Crippen LogP contribution in [0.2, 0.25) is 0 Å². The SMILES string of the molecule is O=S(=O)(c1ccc(NCc2ccccc2F)cc1)N1CCOCC1. The summed E-state index contributed by atoms with van der Waals surface area (Å²) in [6, 6.07) is 13.0. The van der Waals surface area contributed by atoms with Gasteiger partial charge >= 0.3 is 0 Å². The highest BCUT2D eigenvalue weighted by Gasteiger charge is 2.25. The summed E-state index contributed by atoms with van der Waals surface area (Å²) >= 11 is 0. The predicted molar refractivity (Wildman–Crippen MR) is 89.7 cm³/mol. The summed E-state index contributed by atoms with van der Waals surface area (Å²) in [4.78, 5) is 0.251. The molecule has 0 bridgehead atoms. The normalized spacial score (nSPS) is 16.0. The molecule has 1 fully saturated rings. The number of rotatable bonds is 5. The summed E-state index contributed by atoms with van der Waals surface area (Å²) in [5.41, 5.74) is 1.29. The first-order chi connectivity index (χ1) is 11.6. The fourth-order valence-electron chi connectivity index (χ4n) is 2.52. The van der Waals surface area contributed by atoms with Crippen LogP contribution in [0.3, 0.4) is 0 Å². The molecule has 2 aromatic rings. The molecule has 1 aliphatic rings. The Morgan fingerprint density at radius 2 is 1.71 bits per heavy atom. The topological polar surface area (TPSA) is 58.6 Å². The number of morpholine rings is 1. The van der Waals surface area contributed by atoms with E-state index in [1.165, 1.54) is 10.4 Å². The molecule has 0 radical (unpaired) electrons. The van der Waals surface area contributed by atoms with Crippen LogP contribution in [-0.4, -0.2) is 39.0 Å². The van der Waals surface area contributed by atoms with Crippen LogP contribution in [0.4, 0.5) is 10.1 Å². The summed E-state index contributed by atoms with van der Waals surface area (Å²) in [6.45, 7) is 1.91. The van der Waals surface area contributed by atoms with Gasteiger partial charge in [0.05, 0.1) is 18.1 Å². The molecule has 1 saturated heterocycles. The van der Waals surface area contributed by atoms with Gasteiger partial charge < -0.3 is 10.1 Å². The van der Waals surface area contributed by atoms with Crippen molar-refractivity contribution in [2.45, 2.75) is 11.4 Å². The van der Waals surface area contributed by atoms with E-state index in [-0.39, 0.29) is 10.7 Å². The molecule has 1 aliphatic heterocycles. The average molecular weight is 350 g/mol. The molecular formula is C17H19FN2O3S. The number of hydrogen-bond acceptors (Lipinski definition) is 4. The molecule has 128 valence electrons. The molecule has 0 amide bonds. The zero-order chi connectivity index (χ0) is 17.0. The van der Waals surface area contributed by atoms with Gasteiger partial charge in [-0.15, -0.1) is 0 Å². The lowest BCUT2D eigenvalue weighted by Crippen LogP contribution is -2.40. The lowest BCUT2D eigenvalue weighted by atomic mass is 10.2. The number of benzene rings is 2. The van der Waals surface area contributed by atoms with Crippen molar-refractivity contribution in [3.05, 3.63) is 59.9 Å². The van der Waals surface area contributed by atoms with Crippen LogP contribution in [0.1, 0.15) is 5.56 Å². The molecule has 24 heavy (non-hydrogen) atoms. The molecule has 7 heteroatoms.